The zero-order chi connectivity index (χ0) is 14.4. The Hall–Kier alpha value is -1.84. The highest BCUT2D eigenvalue weighted by Gasteiger charge is 2.20. The molecule has 1 aromatic carbocycles. The highest BCUT2D eigenvalue weighted by molar-refractivity contribution is 5.76. The van der Waals surface area contributed by atoms with E-state index in [-0.39, 0.29) is 18.4 Å². The number of hydrogen-bond acceptors (Lipinski definition) is 2. The minimum atomic E-state index is -0.799. The summed E-state index contributed by atoms with van der Waals surface area (Å²) in [6.07, 6.45) is 4.90. The molecule has 0 heterocycles. The molecule has 0 saturated carbocycles. The SMILES string of the molecule is O=C(O)CCCCC(=O)NC1CCCc2ccccc21. The largest absolute Gasteiger partial charge is 0.481 e. The summed E-state index contributed by atoms with van der Waals surface area (Å²) in [5.74, 6) is -0.774. The number of aliphatic carboxylic acids is 1. The molecule has 4 nitrogen and oxygen atoms in total. The monoisotopic (exact) mass is 275 g/mol. The van der Waals surface area contributed by atoms with Gasteiger partial charge < -0.3 is 10.4 Å². The molecule has 0 aliphatic heterocycles. The van der Waals surface area contributed by atoms with Gasteiger partial charge in [0, 0.05) is 12.8 Å². The Morgan fingerprint density at radius 2 is 1.95 bits per heavy atom. The molecule has 0 aromatic heterocycles. The van der Waals surface area contributed by atoms with Gasteiger partial charge in [-0.3, -0.25) is 9.59 Å². The Kier molecular flexibility index (Phi) is 5.16. The van der Waals surface area contributed by atoms with Crippen molar-refractivity contribution >= 4 is 11.9 Å². The zero-order valence-corrected chi connectivity index (χ0v) is 11.6. The van der Waals surface area contributed by atoms with Crippen LogP contribution in [0.3, 0.4) is 0 Å². The molecule has 0 spiro atoms. The molecule has 1 aliphatic rings. The lowest BCUT2D eigenvalue weighted by atomic mass is 9.87. The average Bonchev–Trinajstić information content (AvgIpc) is 2.44. The normalized spacial score (nSPS) is 17.3. The van der Waals surface area contributed by atoms with E-state index in [4.69, 9.17) is 5.11 Å². The van der Waals surface area contributed by atoms with Crippen molar-refractivity contribution in [3.05, 3.63) is 35.4 Å². The predicted octanol–water partition coefficient (Wildman–Crippen LogP) is 2.83. The van der Waals surface area contributed by atoms with E-state index in [1.807, 2.05) is 12.1 Å². The number of fused-ring (bicyclic) bond motifs is 1. The van der Waals surface area contributed by atoms with Crippen LogP contribution in [-0.4, -0.2) is 17.0 Å². The number of nitrogens with one attached hydrogen (secondary N) is 1. The molecule has 1 aromatic rings. The molecule has 4 heteroatoms. The Labute approximate surface area is 119 Å². The van der Waals surface area contributed by atoms with Crippen molar-refractivity contribution < 1.29 is 14.7 Å². The number of carbonyl (C=O) groups excluding carboxylic acids is 1. The van der Waals surface area contributed by atoms with Gasteiger partial charge in [-0.1, -0.05) is 24.3 Å². The molecule has 1 atom stereocenters. The molecular weight excluding hydrogens is 254 g/mol. The van der Waals surface area contributed by atoms with Gasteiger partial charge in [-0.2, -0.15) is 0 Å². The quantitative estimate of drug-likeness (QED) is 0.784. The molecule has 0 radical (unpaired) electrons. The Morgan fingerprint density at radius 3 is 2.75 bits per heavy atom. The second-order valence-corrected chi connectivity index (χ2v) is 5.31. The van der Waals surface area contributed by atoms with Crippen molar-refractivity contribution in [2.24, 2.45) is 0 Å². The van der Waals surface area contributed by atoms with Gasteiger partial charge in [-0.05, 0) is 43.2 Å². The van der Waals surface area contributed by atoms with E-state index in [0.717, 1.165) is 19.3 Å². The number of hydrogen-bond donors (Lipinski definition) is 2. The maximum Gasteiger partial charge on any atom is 0.303 e. The summed E-state index contributed by atoms with van der Waals surface area (Å²) in [5.41, 5.74) is 2.56. The minimum Gasteiger partial charge on any atom is -0.481 e. The maximum absolute atomic E-state index is 11.9. The molecular formula is C16H21NO3. The number of carboxylic acid groups (broad SMARTS) is 1. The number of rotatable bonds is 6. The van der Waals surface area contributed by atoms with Crippen LogP contribution < -0.4 is 5.32 Å². The molecule has 20 heavy (non-hydrogen) atoms. The van der Waals surface area contributed by atoms with Crippen molar-refractivity contribution in [1.29, 1.82) is 0 Å². The second kappa shape index (κ2) is 7.08. The van der Waals surface area contributed by atoms with Crippen LogP contribution in [0.25, 0.3) is 0 Å². The van der Waals surface area contributed by atoms with Gasteiger partial charge in [0.05, 0.1) is 6.04 Å². The molecule has 1 amide bonds. The number of aryl methyl sites for hydroxylation is 1. The predicted molar refractivity (Wildman–Crippen MR) is 76.4 cm³/mol. The fourth-order valence-corrected chi connectivity index (χ4v) is 2.73. The Morgan fingerprint density at radius 1 is 1.20 bits per heavy atom. The Bertz CT molecular complexity index is 484. The van der Waals surface area contributed by atoms with Crippen molar-refractivity contribution in [3.8, 4) is 0 Å². The molecule has 0 bridgehead atoms. The van der Waals surface area contributed by atoms with Crippen LogP contribution >= 0.6 is 0 Å². The fraction of sp³-hybridized carbons (Fsp3) is 0.500. The first-order valence-electron chi connectivity index (χ1n) is 7.26. The van der Waals surface area contributed by atoms with Crippen LogP contribution in [0.5, 0.6) is 0 Å². The lowest BCUT2D eigenvalue weighted by Gasteiger charge is -2.26. The van der Waals surface area contributed by atoms with Gasteiger partial charge in [0.25, 0.3) is 0 Å². The third kappa shape index (κ3) is 4.08. The van der Waals surface area contributed by atoms with Crippen molar-refractivity contribution in [1.82, 2.24) is 5.32 Å². The lowest BCUT2D eigenvalue weighted by molar-refractivity contribution is -0.137. The van der Waals surface area contributed by atoms with E-state index in [9.17, 15) is 9.59 Å². The van der Waals surface area contributed by atoms with E-state index in [1.54, 1.807) is 0 Å². The summed E-state index contributed by atoms with van der Waals surface area (Å²) in [7, 11) is 0. The molecule has 0 fully saturated rings. The highest BCUT2D eigenvalue weighted by atomic mass is 16.4. The number of benzene rings is 1. The summed E-state index contributed by atoms with van der Waals surface area (Å²) >= 11 is 0. The molecule has 0 saturated heterocycles. The Balaban J connectivity index is 1.82. The van der Waals surface area contributed by atoms with E-state index in [2.05, 4.69) is 17.4 Å². The standard InChI is InChI=1S/C16H21NO3/c18-15(10-3-4-11-16(19)20)17-14-9-5-7-12-6-1-2-8-13(12)14/h1-2,6,8,14H,3-5,7,9-11H2,(H,17,18)(H,19,20). The first-order chi connectivity index (χ1) is 9.66. The first kappa shape index (κ1) is 14.6. The van der Waals surface area contributed by atoms with Crippen LogP contribution in [0, 0.1) is 0 Å². The fourth-order valence-electron chi connectivity index (χ4n) is 2.73. The van der Waals surface area contributed by atoms with Crippen molar-refractivity contribution in [2.45, 2.75) is 51.0 Å². The van der Waals surface area contributed by atoms with Gasteiger partial charge in [0.2, 0.25) is 5.91 Å². The minimum absolute atomic E-state index is 0.0251. The zero-order valence-electron chi connectivity index (χ0n) is 11.6. The average molecular weight is 275 g/mol. The van der Waals surface area contributed by atoms with Gasteiger partial charge >= 0.3 is 5.97 Å². The first-order valence-corrected chi connectivity index (χ1v) is 7.26. The third-order valence-corrected chi connectivity index (χ3v) is 3.75. The number of carboxylic acids is 1. The van der Waals surface area contributed by atoms with Gasteiger partial charge in [0.1, 0.15) is 0 Å². The maximum atomic E-state index is 11.9. The van der Waals surface area contributed by atoms with Crippen LogP contribution in [0.4, 0.5) is 0 Å². The smallest absolute Gasteiger partial charge is 0.303 e. The van der Waals surface area contributed by atoms with E-state index in [1.165, 1.54) is 11.1 Å². The summed E-state index contributed by atoms with van der Waals surface area (Å²) < 4.78 is 0. The van der Waals surface area contributed by atoms with Crippen LogP contribution in [0.15, 0.2) is 24.3 Å². The number of carbonyl (C=O) groups is 2. The van der Waals surface area contributed by atoms with Crippen molar-refractivity contribution in [2.75, 3.05) is 0 Å². The van der Waals surface area contributed by atoms with Crippen molar-refractivity contribution in [3.63, 3.8) is 0 Å². The van der Waals surface area contributed by atoms with Crippen LogP contribution in [-0.2, 0) is 16.0 Å². The molecule has 1 unspecified atom stereocenters. The second-order valence-electron chi connectivity index (χ2n) is 5.31. The summed E-state index contributed by atoms with van der Waals surface area (Å²) in [4.78, 5) is 22.3. The van der Waals surface area contributed by atoms with E-state index >= 15 is 0 Å². The molecule has 108 valence electrons. The van der Waals surface area contributed by atoms with E-state index in [0.29, 0.717) is 19.3 Å². The highest BCUT2D eigenvalue weighted by Crippen LogP contribution is 2.29. The number of unbranched alkanes of at least 4 members (excludes halogenated alkanes) is 1. The van der Waals surface area contributed by atoms with Crippen LogP contribution in [0.1, 0.15) is 55.7 Å². The summed E-state index contributed by atoms with van der Waals surface area (Å²) in [5, 5.41) is 11.6. The third-order valence-electron chi connectivity index (χ3n) is 3.75. The van der Waals surface area contributed by atoms with Gasteiger partial charge in [0.15, 0.2) is 0 Å². The topological polar surface area (TPSA) is 66.4 Å². The molecule has 1 aliphatic carbocycles. The van der Waals surface area contributed by atoms with Crippen LogP contribution in [0.2, 0.25) is 0 Å². The summed E-state index contributed by atoms with van der Waals surface area (Å²) in [6, 6.07) is 8.38. The lowest BCUT2D eigenvalue weighted by Crippen LogP contribution is -2.30. The molecule has 2 N–H and O–H groups in total. The van der Waals surface area contributed by atoms with Gasteiger partial charge in [-0.15, -0.1) is 0 Å². The molecule has 2 rings (SSSR count). The number of amides is 1. The summed E-state index contributed by atoms with van der Waals surface area (Å²) in [6.45, 7) is 0. The van der Waals surface area contributed by atoms with Gasteiger partial charge in [-0.25, -0.2) is 0 Å². The van der Waals surface area contributed by atoms with E-state index < -0.39 is 5.97 Å².